The summed E-state index contributed by atoms with van der Waals surface area (Å²) in [5.41, 5.74) is 0. The minimum absolute atomic E-state index is 0.00430. The smallest absolute Gasteiger partial charge is 0.359 e. The van der Waals surface area contributed by atoms with Crippen LogP contribution in [-0.4, -0.2) is 40.4 Å². The quantitative estimate of drug-likeness (QED) is 0.680. The Bertz CT molecular complexity index is 686. The summed E-state index contributed by atoms with van der Waals surface area (Å²) in [6, 6.07) is 0. The SMILES string of the molecule is CNC(=O)C1CCN(c2nc3sccn3c2[N+](=O)[O-])CC1. The fourth-order valence-corrected chi connectivity index (χ4v) is 3.41. The summed E-state index contributed by atoms with van der Waals surface area (Å²) in [5.74, 6) is 0.427. The van der Waals surface area contributed by atoms with E-state index in [1.54, 1.807) is 18.6 Å². The molecule has 1 aliphatic rings. The summed E-state index contributed by atoms with van der Waals surface area (Å²) >= 11 is 1.37. The number of hydrogen-bond acceptors (Lipinski definition) is 6. The zero-order chi connectivity index (χ0) is 15.0. The van der Waals surface area contributed by atoms with Crippen LogP contribution in [0.3, 0.4) is 0 Å². The van der Waals surface area contributed by atoms with Gasteiger partial charge < -0.3 is 20.3 Å². The van der Waals surface area contributed by atoms with E-state index in [-0.39, 0.29) is 17.6 Å². The molecule has 112 valence electrons. The largest absolute Gasteiger partial charge is 0.373 e. The van der Waals surface area contributed by atoms with Gasteiger partial charge in [0.15, 0.2) is 0 Å². The third kappa shape index (κ3) is 2.33. The van der Waals surface area contributed by atoms with Crippen LogP contribution in [0, 0.1) is 16.0 Å². The van der Waals surface area contributed by atoms with Gasteiger partial charge in [0.25, 0.3) is 4.96 Å². The van der Waals surface area contributed by atoms with Crippen molar-refractivity contribution >= 4 is 33.8 Å². The Kier molecular flexibility index (Phi) is 3.50. The first kappa shape index (κ1) is 13.8. The van der Waals surface area contributed by atoms with Crippen LogP contribution in [0.25, 0.3) is 4.96 Å². The summed E-state index contributed by atoms with van der Waals surface area (Å²) in [6.45, 7) is 1.20. The van der Waals surface area contributed by atoms with Crippen molar-refractivity contribution in [3.63, 3.8) is 0 Å². The maximum Gasteiger partial charge on any atom is 0.373 e. The lowest BCUT2D eigenvalue weighted by atomic mass is 9.96. The van der Waals surface area contributed by atoms with Gasteiger partial charge in [-0.25, -0.2) is 0 Å². The van der Waals surface area contributed by atoms with Crippen LogP contribution in [0.4, 0.5) is 11.6 Å². The highest BCUT2D eigenvalue weighted by atomic mass is 32.1. The molecule has 1 amide bonds. The summed E-state index contributed by atoms with van der Waals surface area (Å²) < 4.78 is 1.50. The molecule has 0 unspecified atom stereocenters. The second-order valence-corrected chi connectivity index (χ2v) is 5.82. The van der Waals surface area contributed by atoms with Crippen molar-refractivity contribution in [1.29, 1.82) is 0 Å². The fourth-order valence-electron chi connectivity index (χ4n) is 2.70. The minimum Gasteiger partial charge on any atom is -0.359 e. The number of carbonyl (C=O) groups excluding carboxylic acids is 1. The molecule has 0 saturated carbocycles. The lowest BCUT2D eigenvalue weighted by Crippen LogP contribution is -2.39. The Labute approximate surface area is 124 Å². The molecule has 1 N–H and O–H groups in total. The number of piperidine rings is 1. The van der Waals surface area contributed by atoms with Crippen LogP contribution >= 0.6 is 11.3 Å². The van der Waals surface area contributed by atoms with Crippen molar-refractivity contribution in [1.82, 2.24) is 14.7 Å². The molecule has 21 heavy (non-hydrogen) atoms. The number of imidazole rings is 1. The molecule has 0 aliphatic carbocycles. The van der Waals surface area contributed by atoms with E-state index >= 15 is 0 Å². The summed E-state index contributed by atoms with van der Waals surface area (Å²) in [5, 5.41) is 15.7. The van der Waals surface area contributed by atoms with Gasteiger partial charge in [0.1, 0.15) is 6.20 Å². The zero-order valence-corrected chi connectivity index (χ0v) is 12.3. The predicted octanol–water partition coefficient (Wildman–Crippen LogP) is 1.27. The number of thiazole rings is 1. The molecule has 1 aliphatic heterocycles. The molecule has 0 bridgehead atoms. The molecular formula is C12H15N5O3S. The highest BCUT2D eigenvalue weighted by Gasteiger charge is 2.32. The topological polar surface area (TPSA) is 92.8 Å². The van der Waals surface area contributed by atoms with Crippen LogP contribution < -0.4 is 10.2 Å². The standard InChI is InChI=1S/C12H15N5O3S/c1-13-10(18)8-2-4-15(5-3-8)9-11(17(19)20)16-6-7-21-12(16)14-9/h6-8H,2-5H2,1H3,(H,13,18). The van der Waals surface area contributed by atoms with Gasteiger partial charge in [-0.15, -0.1) is 0 Å². The summed E-state index contributed by atoms with van der Waals surface area (Å²) in [7, 11) is 1.63. The molecule has 8 nitrogen and oxygen atoms in total. The Hall–Kier alpha value is -2.16. The molecule has 2 aromatic rings. The lowest BCUT2D eigenvalue weighted by Gasteiger charge is -2.30. The van der Waals surface area contributed by atoms with Crippen LogP contribution in [0.15, 0.2) is 11.6 Å². The zero-order valence-electron chi connectivity index (χ0n) is 11.5. The highest BCUT2D eigenvalue weighted by molar-refractivity contribution is 7.15. The van der Waals surface area contributed by atoms with Crippen LogP contribution in [0.1, 0.15) is 12.8 Å². The third-order valence-corrected chi connectivity index (χ3v) is 4.56. The number of carbonyl (C=O) groups is 1. The monoisotopic (exact) mass is 309 g/mol. The predicted molar refractivity (Wildman–Crippen MR) is 78.7 cm³/mol. The van der Waals surface area contributed by atoms with Gasteiger partial charge in [0.2, 0.25) is 11.7 Å². The van der Waals surface area contributed by atoms with Crippen LogP contribution in [-0.2, 0) is 4.79 Å². The van der Waals surface area contributed by atoms with Gasteiger partial charge >= 0.3 is 5.82 Å². The maximum absolute atomic E-state index is 11.6. The van der Waals surface area contributed by atoms with E-state index in [0.717, 1.165) is 0 Å². The van der Waals surface area contributed by atoms with Crippen molar-refractivity contribution in [2.24, 2.45) is 5.92 Å². The van der Waals surface area contributed by atoms with Gasteiger partial charge in [-0.05, 0) is 17.8 Å². The molecule has 0 spiro atoms. The van der Waals surface area contributed by atoms with E-state index in [1.165, 1.54) is 15.7 Å². The maximum atomic E-state index is 11.6. The van der Waals surface area contributed by atoms with Crippen LogP contribution in [0.5, 0.6) is 0 Å². The molecule has 9 heteroatoms. The number of nitrogens with one attached hydrogen (secondary N) is 1. The second kappa shape index (κ2) is 5.32. The van der Waals surface area contributed by atoms with Crippen molar-refractivity contribution in [2.75, 3.05) is 25.0 Å². The van der Waals surface area contributed by atoms with E-state index in [2.05, 4.69) is 10.3 Å². The first-order valence-electron chi connectivity index (χ1n) is 6.68. The number of anilines is 1. The lowest BCUT2D eigenvalue weighted by molar-refractivity contribution is -0.389. The Balaban J connectivity index is 1.85. The molecular weight excluding hydrogens is 294 g/mol. The van der Waals surface area contributed by atoms with Crippen molar-refractivity contribution in [3.8, 4) is 0 Å². The van der Waals surface area contributed by atoms with Gasteiger partial charge in [0, 0.05) is 31.4 Å². The normalized spacial score (nSPS) is 16.3. The molecule has 3 rings (SSSR count). The van der Waals surface area contributed by atoms with E-state index in [1.807, 2.05) is 4.90 Å². The van der Waals surface area contributed by atoms with Gasteiger partial charge in [0.05, 0.1) is 0 Å². The average Bonchev–Trinajstić information content (AvgIpc) is 3.06. The van der Waals surface area contributed by atoms with Gasteiger partial charge in [-0.3, -0.25) is 4.79 Å². The van der Waals surface area contributed by atoms with Gasteiger partial charge in [-0.2, -0.15) is 9.38 Å². The first-order valence-corrected chi connectivity index (χ1v) is 7.56. The summed E-state index contributed by atoms with van der Waals surface area (Å²) in [6.07, 6.45) is 3.02. The second-order valence-electron chi connectivity index (χ2n) is 4.95. The Morgan fingerprint density at radius 1 is 1.52 bits per heavy atom. The number of nitro groups is 1. The van der Waals surface area contributed by atoms with Crippen molar-refractivity contribution in [3.05, 3.63) is 21.7 Å². The third-order valence-electron chi connectivity index (χ3n) is 3.80. The molecule has 2 aromatic heterocycles. The average molecular weight is 309 g/mol. The Morgan fingerprint density at radius 2 is 2.24 bits per heavy atom. The number of hydrogen-bond donors (Lipinski definition) is 1. The van der Waals surface area contributed by atoms with E-state index in [0.29, 0.717) is 36.7 Å². The first-order chi connectivity index (χ1) is 10.1. The van der Waals surface area contributed by atoms with Crippen molar-refractivity contribution in [2.45, 2.75) is 12.8 Å². The molecule has 0 aromatic carbocycles. The van der Waals surface area contributed by atoms with Crippen molar-refractivity contribution < 1.29 is 9.72 Å². The van der Waals surface area contributed by atoms with E-state index < -0.39 is 4.92 Å². The van der Waals surface area contributed by atoms with Gasteiger partial charge in [-0.1, -0.05) is 11.3 Å². The highest BCUT2D eigenvalue weighted by Crippen LogP contribution is 2.33. The molecule has 1 saturated heterocycles. The molecule has 1 fully saturated rings. The molecule has 0 atom stereocenters. The van der Waals surface area contributed by atoms with E-state index in [4.69, 9.17) is 0 Å². The molecule has 3 heterocycles. The number of nitrogens with zero attached hydrogens (tertiary/aromatic N) is 4. The number of amides is 1. The number of aromatic nitrogens is 2. The fraction of sp³-hybridized carbons (Fsp3) is 0.500. The molecule has 0 radical (unpaired) electrons. The summed E-state index contributed by atoms with van der Waals surface area (Å²) in [4.78, 5) is 29.4. The van der Waals surface area contributed by atoms with Crippen LogP contribution in [0.2, 0.25) is 0 Å². The minimum atomic E-state index is -0.396. The number of rotatable bonds is 3. The Morgan fingerprint density at radius 3 is 2.86 bits per heavy atom. The van der Waals surface area contributed by atoms with E-state index in [9.17, 15) is 14.9 Å². The number of fused-ring (bicyclic) bond motifs is 1.